The molecule has 0 radical (unpaired) electrons. The molecule has 0 aliphatic carbocycles. The van der Waals surface area contributed by atoms with Crippen LogP contribution in [0.1, 0.15) is 26.0 Å². The second-order valence-electron chi connectivity index (χ2n) is 3.94. The van der Waals surface area contributed by atoms with Gasteiger partial charge in [0.05, 0.1) is 5.69 Å². The molecule has 2 rings (SSSR count). The van der Waals surface area contributed by atoms with Gasteiger partial charge in [-0.1, -0.05) is 20.3 Å². The van der Waals surface area contributed by atoms with Crippen molar-refractivity contribution in [3.05, 3.63) is 36.2 Å². The molecule has 2 aromatic rings. The first kappa shape index (κ1) is 13.0. The molecule has 0 N–H and O–H groups in total. The van der Waals surface area contributed by atoms with Gasteiger partial charge in [-0.15, -0.1) is 16.9 Å². The highest BCUT2D eigenvalue weighted by Crippen LogP contribution is 2.27. The molecule has 3 nitrogen and oxygen atoms in total. The predicted octanol–water partition coefficient (Wildman–Crippen LogP) is 3.60. The average Bonchev–Trinajstić information content (AvgIpc) is 2.41. The first-order valence-electron chi connectivity index (χ1n) is 6.26. The monoisotopic (exact) mass is 259 g/mol. The maximum absolute atomic E-state index is 4.42. The second kappa shape index (κ2) is 6.50. The molecule has 0 saturated carbocycles. The van der Waals surface area contributed by atoms with Gasteiger partial charge in [0.2, 0.25) is 0 Å². The molecule has 0 fully saturated rings. The normalized spacial score (nSPS) is 10.6. The highest BCUT2D eigenvalue weighted by atomic mass is 32.2. The number of pyridine rings is 1. The Morgan fingerprint density at radius 2 is 2.00 bits per heavy atom. The topological polar surface area (TPSA) is 38.7 Å². The summed E-state index contributed by atoms with van der Waals surface area (Å²) in [5.74, 6) is 1.03. The zero-order valence-electron chi connectivity index (χ0n) is 10.8. The number of thioether (sulfide) groups is 1. The summed E-state index contributed by atoms with van der Waals surface area (Å²) >= 11 is 1.78. The van der Waals surface area contributed by atoms with Crippen LogP contribution in [0.2, 0.25) is 0 Å². The van der Waals surface area contributed by atoms with Gasteiger partial charge in [-0.2, -0.15) is 5.10 Å². The van der Waals surface area contributed by atoms with E-state index in [9.17, 15) is 0 Å². The van der Waals surface area contributed by atoms with Crippen LogP contribution in [-0.2, 0) is 6.42 Å². The zero-order valence-corrected chi connectivity index (χ0v) is 11.6. The van der Waals surface area contributed by atoms with E-state index in [1.165, 1.54) is 0 Å². The quantitative estimate of drug-likeness (QED) is 0.769. The summed E-state index contributed by atoms with van der Waals surface area (Å²) in [6.07, 6.45) is 3.87. The lowest BCUT2D eigenvalue weighted by Gasteiger charge is -2.06. The Morgan fingerprint density at radius 3 is 2.67 bits per heavy atom. The minimum Gasteiger partial charge on any atom is -0.253 e. The fourth-order valence-corrected chi connectivity index (χ4v) is 2.51. The summed E-state index contributed by atoms with van der Waals surface area (Å²) in [6.45, 7) is 4.28. The largest absolute Gasteiger partial charge is 0.253 e. The SMILES string of the molecule is CCCc1ccc(-c2ncccc2SCC)nn1. The lowest BCUT2D eigenvalue weighted by atomic mass is 10.2. The van der Waals surface area contributed by atoms with Crippen molar-refractivity contribution < 1.29 is 0 Å². The van der Waals surface area contributed by atoms with Crippen molar-refractivity contribution in [2.45, 2.75) is 31.6 Å². The Morgan fingerprint density at radius 1 is 1.11 bits per heavy atom. The van der Waals surface area contributed by atoms with Gasteiger partial charge < -0.3 is 0 Å². The van der Waals surface area contributed by atoms with Crippen LogP contribution in [0.15, 0.2) is 35.4 Å². The van der Waals surface area contributed by atoms with Gasteiger partial charge in [-0.25, -0.2) is 0 Å². The van der Waals surface area contributed by atoms with E-state index in [1.807, 2.05) is 18.2 Å². The Kier molecular flexibility index (Phi) is 4.70. The van der Waals surface area contributed by atoms with E-state index < -0.39 is 0 Å². The van der Waals surface area contributed by atoms with E-state index >= 15 is 0 Å². The fourth-order valence-electron chi connectivity index (χ4n) is 1.73. The molecule has 0 unspecified atom stereocenters. The van der Waals surface area contributed by atoms with E-state index in [1.54, 1.807) is 18.0 Å². The predicted molar refractivity (Wildman–Crippen MR) is 75.7 cm³/mol. The van der Waals surface area contributed by atoms with Crippen molar-refractivity contribution in [2.75, 3.05) is 5.75 Å². The summed E-state index contributed by atoms with van der Waals surface area (Å²) in [7, 11) is 0. The Bertz CT molecular complexity index is 497. The molecule has 94 valence electrons. The zero-order chi connectivity index (χ0) is 12.8. The van der Waals surface area contributed by atoms with Crippen molar-refractivity contribution in [1.82, 2.24) is 15.2 Å². The highest BCUT2D eigenvalue weighted by Gasteiger charge is 2.08. The Balaban J connectivity index is 2.30. The van der Waals surface area contributed by atoms with E-state index in [4.69, 9.17) is 0 Å². The number of aromatic nitrogens is 3. The molecule has 2 aromatic heterocycles. The van der Waals surface area contributed by atoms with E-state index in [2.05, 4.69) is 35.1 Å². The van der Waals surface area contributed by atoms with Crippen LogP contribution in [-0.4, -0.2) is 20.9 Å². The molecule has 18 heavy (non-hydrogen) atoms. The van der Waals surface area contributed by atoms with Gasteiger partial charge in [-0.05, 0) is 36.4 Å². The maximum atomic E-state index is 4.42. The summed E-state index contributed by atoms with van der Waals surface area (Å²) < 4.78 is 0. The number of hydrogen-bond donors (Lipinski definition) is 0. The molecule has 0 atom stereocenters. The molecular formula is C14H17N3S. The molecule has 0 spiro atoms. The third kappa shape index (κ3) is 3.07. The molecular weight excluding hydrogens is 242 g/mol. The fraction of sp³-hybridized carbons (Fsp3) is 0.357. The molecule has 0 amide bonds. The molecule has 0 bridgehead atoms. The van der Waals surface area contributed by atoms with Crippen molar-refractivity contribution in [3.8, 4) is 11.4 Å². The standard InChI is InChI=1S/C14H17N3S/c1-3-6-11-8-9-12(17-16-11)14-13(18-4-2)7-5-10-15-14/h5,7-10H,3-4,6H2,1-2H3. The van der Waals surface area contributed by atoms with Gasteiger partial charge in [0.15, 0.2) is 0 Å². The van der Waals surface area contributed by atoms with E-state index in [0.717, 1.165) is 40.6 Å². The number of aryl methyl sites for hydroxylation is 1. The average molecular weight is 259 g/mol. The van der Waals surface area contributed by atoms with Crippen LogP contribution in [0, 0.1) is 0 Å². The molecule has 4 heteroatoms. The minimum atomic E-state index is 0.853. The smallest absolute Gasteiger partial charge is 0.112 e. The number of rotatable bonds is 5. The molecule has 2 heterocycles. The van der Waals surface area contributed by atoms with E-state index in [-0.39, 0.29) is 0 Å². The lowest BCUT2D eigenvalue weighted by Crippen LogP contribution is -1.96. The first-order valence-corrected chi connectivity index (χ1v) is 7.24. The van der Waals surface area contributed by atoms with Crippen LogP contribution in [0.5, 0.6) is 0 Å². The van der Waals surface area contributed by atoms with Gasteiger partial charge in [-0.3, -0.25) is 4.98 Å². The summed E-state index contributed by atoms with van der Waals surface area (Å²) in [4.78, 5) is 5.58. The van der Waals surface area contributed by atoms with Gasteiger partial charge in [0.25, 0.3) is 0 Å². The van der Waals surface area contributed by atoms with Crippen LogP contribution >= 0.6 is 11.8 Å². The number of hydrogen-bond acceptors (Lipinski definition) is 4. The van der Waals surface area contributed by atoms with Crippen LogP contribution in [0.4, 0.5) is 0 Å². The third-order valence-electron chi connectivity index (χ3n) is 2.54. The van der Waals surface area contributed by atoms with Crippen molar-refractivity contribution in [2.24, 2.45) is 0 Å². The molecule has 0 saturated heterocycles. The minimum absolute atomic E-state index is 0.853. The number of nitrogens with zero attached hydrogens (tertiary/aromatic N) is 3. The molecule has 0 aromatic carbocycles. The Hall–Kier alpha value is -1.42. The maximum Gasteiger partial charge on any atom is 0.112 e. The second-order valence-corrected chi connectivity index (χ2v) is 5.25. The van der Waals surface area contributed by atoms with Crippen molar-refractivity contribution >= 4 is 11.8 Å². The molecule has 0 aliphatic heterocycles. The van der Waals surface area contributed by atoms with Crippen LogP contribution in [0.3, 0.4) is 0 Å². The summed E-state index contributed by atoms with van der Waals surface area (Å²) in [5.41, 5.74) is 2.83. The van der Waals surface area contributed by atoms with Crippen LogP contribution in [0.25, 0.3) is 11.4 Å². The highest BCUT2D eigenvalue weighted by molar-refractivity contribution is 7.99. The summed E-state index contributed by atoms with van der Waals surface area (Å²) in [6, 6.07) is 8.10. The third-order valence-corrected chi connectivity index (χ3v) is 3.47. The van der Waals surface area contributed by atoms with Crippen molar-refractivity contribution in [1.29, 1.82) is 0 Å². The van der Waals surface area contributed by atoms with Crippen LogP contribution < -0.4 is 0 Å². The first-order chi connectivity index (χ1) is 8.85. The van der Waals surface area contributed by atoms with Crippen molar-refractivity contribution in [3.63, 3.8) is 0 Å². The van der Waals surface area contributed by atoms with E-state index in [0.29, 0.717) is 0 Å². The van der Waals surface area contributed by atoms with Gasteiger partial charge >= 0.3 is 0 Å². The van der Waals surface area contributed by atoms with Gasteiger partial charge in [0, 0.05) is 11.1 Å². The summed E-state index contributed by atoms with van der Waals surface area (Å²) in [5, 5.41) is 8.53. The molecule has 0 aliphatic rings. The lowest BCUT2D eigenvalue weighted by molar-refractivity contribution is 0.839. The Labute approximate surface area is 112 Å². The van der Waals surface area contributed by atoms with Gasteiger partial charge in [0.1, 0.15) is 11.4 Å².